The zero-order chi connectivity index (χ0) is 23.8. The molecule has 174 valence electrons. The minimum atomic E-state index is -3.98. The zero-order valence-corrected chi connectivity index (χ0v) is 20.6. The number of sulfonamides is 1. The first-order chi connectivity index (χ1) is 15.9. The van der Waals surface area contributed by atoms with E-state index in [1.807, 2.05) is 44.4 Å². The number of anilines is 2. The summed E-state index contributed by atoms with van der Waals surface area (Å²) in [7, 11) is -3.98. The van der Waals surface area contributed by atoms with Gasteiger partial charge in [-0.05, 0) is 79.8 Å². The number of thioether (sulfide) groups is 1. The van der Waals surface area contributed by atoms with Crippen molar-refractivity contribution in [2.75, 3.05) is 29.0 Å². The van der Waals surface area contributed by atoms with E-state index in [0.717, 1.165) is 21.2 Å². The summed E-state index contributed by atoms with van der Waals surface area (Å²) < 4.78 is 33.7. The van der Waals surface area contributed by atoms with Crippen molar-refractivity contribution in [3.8, 4) is 5.75 Å². The van der Waals surface area contributed by atoms with Crippen LogP contribution in [0.15, 0.2) is 82.6 Å². The van der Waals surface area contributed by atoms with Gasteiger partial charge >= 0.3 is 0 Å². The number of ether oxygens (including phenoxy) is 1. The van der Waals surface area contributed by atoms with Gasteiger partial charge in [0.1, 0.15) is 12.3 Å². The number of rotatable bonds is 10. The summed E-state index contributed by atoms with van der Waals surface area (Å²) in [5, 5.41) is 2.86. The molecule has 0 aromatic heterocycles. The Morgan fingerprint density at radius 1 is 0.970 bits per heavy atom. The first-order valence-corrected chi connectivity index (χ1v) is 13.3. The lowest BCUT2D eigenvalue weighted by Gasteiger charge is -2.24. The lowest BCUT2D eigenvalue weighted by molar-refractivity contribution is -0.114. The van der Waals surface area contributed by atoms with Crippen molar-refractivity contribution in [1.29, 1.82) is 0 Å². The summed E-state index contributed by atoms with van der Waals surface area (Å²) in [6.45, 7) is 4.02. The van der Waals surface area contributed by atoms with E-state index in [0.29, 0.717) is 23.7 Å². The molecule has 3 aromatic carbocycles. The Labute approximate surface area is 200 Å². The molecular weight excluding hydrogens is 456 g/mol. The van der Waals surface area contributed by atoms with Crippen LogP contribution in [0.5, 0.6) is 5.75 Å². The lowest BCUT2D eigenvalue weighted by atomic mass is 10.1. The summed E-state index contributed by atoms with van der Waals surface area (Å²) in [4.78, 5) is 14.0. The molecule has 0 bridgehead atoms. The topological polar surface area (TPSA) is 75.7 Å². The molecule has 0 aliphatic carbocycles. The minimum Gasteiger partial charge on any atom is -0.494 e. The van der Waals surface area contributed by atoms with Crippen molar-refractivity contribution in [3.05, 3.63) is 78.4 Å². The summed E-state index contributed by atoms with van der Waals surface area (Å²) in [5.41, 5.74) is 2.04. The summed E-state index contributed by atoms with van der Waals surface area (Å²) in [6, 6.07) is 20.8. The van der Waals surface area contributed by atoms with Crippen molar-refractivity contribution in [1.82, 2.24) is 0 Å². The van der Waals surface area contributed by atoms with Crippen LogP contribution >= 0.6 is 11.8 Å². The highest BCUT2D eigenvalue weighted by Gasteiger charge is 2.27. The molecule has 0 fully saturated rings. The van der Waals surface area contributed by atoms with E-state index >= 15 is 0 Å². The minimum absolute atomic E-state index is 0.121. The van der Waals surface area contributed by atoms with E-state index in [1.165, 1.54) is 11.8 Å². The van der Waals surface area contributed by atoms with Crippen molar-refractivity contribution >= 4 is 39.1 Å². The van der Waals surface area contributed by atoms with Gasteiger partial charge in [0.2, 0.25) is 5.91 Å². The molecule has 0 atom stereocenters. The van der Waals surface area contributed by atoms with Crippen LogP contribution in [-0.2, 0) is 21.2 Å². The number of nitrogens with one attached hydrogen (secondary N) is 1. The largest absolute Gasteiger partial charge is 0.494 e. The van der Waals surface area contributed by atoms with Gasteiger partial charge in [-0.1, -0.05) is 25.1 Å². The number of hydrogen-bond acceptors (Lipinski definition) is 5. The predicted octanol–water partition coefficient (Wildman–Crippen LogP) is 5.20. The molecule has 3 aromatic rings. The van der Waals surface area contributed by atoms with E-state index in [9.17, 15) is 13.2 Å². The third-order valence-electron chi connectivity index (χ3n) is 5.04. The maximum atomic E-state index is 13.6. The van der Waals surface area contributed by atoms with Gasteiger partial charge in [0.05, 0.1) is 17.2 Å². The van der Waals surface area contributed by atoms with Crippen molar-refractivity contribution in [2.45, 2.75) is 30.1 Å². The summed E-state index contributed by atoms with van der Waals surface area (Å²) >= 11 is 1.53. The molecule has 1 amide bonds. The molecule has 0 heterocycles. The average molecular weight is 485 g/mol. The fraction of sp³-hybridized carbons (Fsp3) is 0.240. The molecule has 0 spiro atoms. The van der Waals surface area contributed by atoms with Crippen LogP contribution in [0, 0.1) is 0 Å². The van der Waals surface area contributed by atoms with Gasteiger partial charge < -0.3 is 10.1 Å². The van der Waals surface area contributed by atoms with Gasteiger partial charge in [-0.3, -0.25) is 9.10 Å². The molecule has 0 saturated carbocycles. The average Bonchev–Trinajstić information content (AvgIpc) is 2.83. The first kappa shape index (κ1) is 24.7. The van der Waals surface area contributed by atoms with Crippen molar-refractivity contribution in [2.24, 2.45) is 0 Å². The molecule has 0 aliphatic heterocycles. The molecule has 0 radical (unpaired) electrons. The van der Waals surface area contributed by atoms with Crippen LogP contribution < -0.4 is 14.4 Å². The lowest BCUT2D eigenvalue weighted by Crippen LogP contribution is -2.38. The predicted molar refractivity (Wildman–Crippen MR) is 135 cm³/mol. The number of aryl methyl sites for hydroxylation is 1. The molecule has 0 saturated heterocycles. The molecule has 33 heavy (non-hydrogen) atoms. The maximum absolute atomic E-state index is 13.6. The van der Waals surface area contributed by atoms with Gasteiger partial charge in [-0.25, -0.2) is 8.42 Å². The second kappa shape index (κ2) is 11.2. The third-order valence-corrected chi connectivity index (χ3v) is 7.57. The number of carbonyl (C=O) groups excluding carboxylic acids is 1. The number of amides is 1. The number of para-hydroxylation sites is 1. The Morgan fingerprint density at radius 3 is 2.24 bits per heavy atom. The van der Waals surface area contributed by atoms with Gasteiger partial charge in [0, 0.05) is 10.6 Å². The fourth-order valence-corrected chi connectivity index (χ4v) is 5.17. The van der Waals surface area contributed by atoms with Crippen molar-refractivity contribution < 1.29 is 17.9 Å². The van der Waals surface area contributed by atoms with Gasteiger partial charge in [-0.2, -0.15) is 0 Å². The smallest absolute Gasteiger partial charge is 0.264 e. The molecule has 6 nitrogen and oxygen atoms in total. The summed E-state index contributed by atoms with van der Waals surface area (Å²) in [6.07, 6.45) is 2.67. The molecule has 0 unspecified atom stereocenters. The number of hydrogen-bond donors (Lipinski definition) is 1. The Balaban J connectivity index is 1.94. The van der Waals surface area contributed by atoms with E-state index in [1.54, 1.807) is 48.5 Å². The van der Waals surface area contributed by atoms with Crippen LogP contribution in [0.4, 0.5) is 11.4 Å². The van der Waals surface area contributed by atoms with Gasteiger partial charge in [0.25, 0.3) is 10.0 Å². The molecule has 3 rings (SSSR count). The Morgan fingerprint density at radius 2 is 1.64 bits per heavy atom. The third kappa shape index (κ3) is 6.09. The van der Waals surface area contributed by atoms with E-state index in [2.05, 4.69) is 5.32 Å². The van der Waals surface area contributed by atoms with Crippen molar-refractivity contribution in [3.63, 3.8) is 0 Å². The zero-order valence-electron chi connectivity index (χ0n) is 18.9. The van der Waals surface area contributed by atoms with Crippen LogP contribution in [0.25, 0.3) is 0 Å². The van der Waals surface area contributed by atoms with Gasteiger partial charge in [-0.15, -0.1) is 11.8 Å². The van der Waals surface area contributed by atoms with E-state index < -0.39 is 15.9 Å². The number of carbonyl (C=O) groups is 1. The normalized spacial score (nSPS) is 11.1. The molecular formula is C25H28N2O4S2. The number of nitrogens with zero attached hydrogens (tertiary/aromatic N) is 1. The Hall–Kier alpha value is -2.97. The molecule has 1 N–H and O–H groups in total. The maximum Gasteiger partial charge on any atom is 0.264 e. The SMILES string of the molecule is CCOc1ccc(N(CC(=O)Nc2ccccc2CC)S(=O)(=O)c2ccc(SC)cc2)cc1. The highest BCUT2D eigenvalue weighted by Crippen LogP contribution is 2.27. The quantitative estimate of drug-likeness (QED) is 0.400. The second-order valence-electron chi connectivity index (χ2n) is 7.17. The Bertz CT molecular complexity index is 1180. The highest BCUT2D eigenvalue weighted by atomic mass is 32.2. The highest BCUT2D eigenvalue weighted by molar-refractivity contribution is 7.98. The van der Waals surface area contributed by atoms with Crippen LogP contribution in [-0.4, -0.2) is 33.7 Å². The van der Waals surface area contributed by atoms with Crippen LogP contribution in [0.1, 0.15) is 19.4 Å². The molecule has 8 heteroatoms. The summed E-state index contributed by atoms with van der Waals surface area (Å²) in [5.74, 6) is 0.207. The number of benzene rings is 3. The monoisotopic (exact) mass is 484 g/mol. The Kier molecular flexibility index (Phi) is 8.41. The molecule has 0 aliphatic rings. The van der Waals surface area contributed by atoms with Gasteiger partial charge in [0.15, 0.2) is 0 Å². The second-order valence-corrected chi connectivity index (χ2v) is 9.91. The van der Waals surface area contributed by atoms with Crippen LogP contribution in [0.3, 0.4) is 0 Å². The first-order valence-electron chi connectivity index (χ1n) is 10.7. The van der Waals surface area contributed by atoms with Crippen LogP contribution in [0.2, 0.25) is 0 Å². The van der Waals surface area contributed by atoms with E-state index in [4.69, 9.17) is 4.74 Å². The van der Waals surface area contributed by atoms with E-state index in [-0.39, 0.29) is 11.4 Å². The standard InChI is InChI=1S/C25H28N2O4S2/c1-4-19-8-6-7-9-24(19)26-25(28)18-27(20-10-12-21(13-11-20)31-5-2)33(29,30)23-16-14-22(32-3)15-17-23/h6-17H,4-5,18H2,1-3H3,(H,26,28). The fourth-order valence-electron chi connectivity index (χ4n) is 3.34.